The summed E-state index contributed by atoms with van der Waals surface area (Å²) in [7, 11) is 0. The number of piperidine rings is 1. The van der Waals surface area contributed by atoms with Gasteiger partial charge in [0.25, 0.3) is 0 Å². The topological polar surface area (TPSA) is 15.3 Å². The van der Waals surface area contributed by atoms with Crippen LogP contribution in [0.5, 0.6) is 0 Å². The molecule has 0 spiro atoms. The van der Waals surface area contributed by atoms with Crippen molar-refractivity contribution < 1.29 is 4.39 Å². The van der Waals surface area contributed by atoms with Crippen LogP contribution in [0.2, 0.25) is 0 Å². The number of rotatable bonds is 7. The van der Waals surface area contributed by atoms with Crippen molar-refractivity contribution >= 4 is 18.1 Å². The van der Waals surface area contributed by atoms with Gasteiger partial charge in [0.15, 0.2) is 0 Å². The summed E-state index contributed by atoms with van der Waals surface area (Å²) in [6, 6.07) is 15.6. The molecule has 2 aromatic carbocycles. The van der Waals surface area contributed by atoms with Gasteiger partial charge < -0.3 is 10.2 Å². The third-order valence-electron chi connectivity index (χ3n) is 5.18. The molecule has 1 heterocycles. The van der Waals surface area contributed by atoms with Crippen LogP contribution < -0.4 is 5.32 Å². The first-order chi connectivity index (χ1) is 12.2. The van der Waals surface area contributed by atoms with E-state index in [1.807, 2.05) is 12.1 Å². The van der Waals surface area contributed by atoms with Gasteiger partial charge in [0.1, 0.15) is 5.82 Å². The molecule has 0 saturated carbocycles. The van der Waals surface area contributed by atoms with Gasteiger partial charge in [0, 0.05) is 12.2 Å². The van der Waals surface area contributed by atoms with Crippen molar-refractivity contribution in [2.75, 3.05) is 31.5 Å². The van der Waals surface area contributed by atoms with E-state index in [2.05, 4.69) is 41.4 Å². The van der Waals surface area contributed by atoms with Gasteiger partial charge >= 0.3 is 0 Å². The lowest BCUT2D eigenvalue weighted by Gasteiger charge is -2.32. The molecular formula is C22H30ClFN2. The highest BCUT2D eigenvalue weighted by atomic mass is 35.5. The van der Waals surface area contributed by atoms with E-state index in [1.165, 1.54) is 55.7 Å². The van der Waals surface area contributed by atoms with Crippen molar-refractivity contribution in [3.8, 4) is 0 Å². The molecule has 2 nitrogen and oxygen atoms in total. The van der Waals surface area contributed by atoms with E-state index >= 15 is 0 Å². The molecule has 1 saturated heterocycles. The van der Waals surface area contributed by atoms with Crippen LogP contribution in [0, 0.1) is 18.7 Å². The van der Waals surface area contributed by atoms with Crippen molar-refractivity contribution in [3.63, 3.8) is 0 Å². The Labute approximate surface area is 163 Å². The van der Waals surface area contributed by atoms with Crippen LogP contribution in [-0.4, -0.2) is 31.1 Å². The van der Waals surface area contributed by atoms with E-state index in [0.717, 1.165) is 18.9 Å². The fraction of sp³-hybridized carbons (Fsp3) is 0.455. The first-order valence-electron chi connectivity index (χ1n) is 9.46. The summed E-state index contributed by atoms with van der Waals surface area (Å²) in [6.45, 7) is 6.69. The Kier molecular flexibility index (Phi) is 8.40. The van der Waals surface area contributed by atoms with Crippen molar-refractivity contribution in [3.05, 3.63) is 65.5 Å². The average molecular weight is 377 g/mol. The Morgan fingerprint density at radius 3 is 2.31 bits per heavy atom. The predicted molar refractivity (Wildman–Crippen MR) is 111 cm³/mol. The molecule has 0 atom stereocenters. The smallest absolute Gasteiger partial charge is 0.123 e. The third-order valence-corrected chi connectivity index (χ3v) is 5.18. The van der Waals surface area contributed by atoms with Gasteiger partial charge in [-0.1, -0.05) is 29.8 Å². The minimum absolute atomic E-state index is 0. The highest BCUT2D eigenvalue weighted by molar-refractivity contribution is 5.85. The zero-order valence-corrected chi connectivity index (χ0v) is 16.4. The maximum absolute atomic E-state index is 13.0. The third kappa shape index (κ3) is 6.62. The number of benzene rings is 2. The second kappa shape index (κ2) is 10.5. The Balaban J connectivity index is 0.00000243. The number of nitrogens with one attached hydrogen (secondary N) is 1. The van der Waals surface area contributed by atoms with E-state index < -0.39 is 0 Å². The molecule has 0 bridgehead atoms. The predicted octanol–water partition coefficient (Wildman–Crippen LogP) is 5.31. The highest BCUT2D eigenvalue weighted by Crippen LogP contribution is 2.22. The average Bonchev–Trinajstić information content (AvgIpc) is 2.63. The summed E-state index contributed by atoms with van der Waals surface area (Å²) in [6.07, 6.45) is 4.77. The molecule has 0 radical (unpaired) electrons. The van der Waals surface area contributed by atoms with Gasteiger partial charge in [0.2, 0.25) is 0 Å². The van der Waals surface area contributed by atoms with Gasteiger partial charge in [-0.25, -0.2) is 4.39 Å². The zero-order chi connectivity index (χ0) is 17.5. The van der Waals surface area contributed by atoms with E-state index in [1.54, 1.807) is 12.1 Å². The van der Waals surface area contributed by atoms with E-state index in [-0.39, 0.29) is 18.2 Å². The van der Waals surface area contributed by atoms with Crippen LogP contribution in [0.15, 0.2) is 48.5 Å². The SMILES string of the molecule is Cc1ccc(NCCCN2CCC(Cc3ccc(F)cc3)CC2)cc1.Cl. The largest absolute Gasteiger partial charge is 0.385 e. The molecule has 1 aliphatic rings. The molecule has 142 valence electrons. The van der Waals surface area contributed by atoms with Crippen molar-refractivity contribution in [1.82, 2.24) is 4.90 Å². The monoisotopic (exact) mass is 376 g/mol. The van der Waals surface area contributed by atoms with Gasteiger partial charge in [-0.05, 0) is 88.0 Å². The number of likely N-dealkylation sites (tertiary alicyclic amines) is 1. The molecule has 0 aromatic heterocycles. The molecule has 1 fully saturated rings. The van der Waals surface area contributed by atoms with E-state index in [4.69, 9.17) is 0 Å². The van der Waals surface area contributed by atoms with Gasteiger partial charge in [-0.15, -0.1) is 12.4 Å². The summed E-state index contributed by atoms with van der Waals surface area (Å²) in [4.78, 5) is 2.58. The Hall–Kier alpha value is -1.58. The van der Waals surface area contributed by atoms with Crippen LogP contribution in [0.25, 0.3) is 0 Å². The second-order valence-corrected chi connectivity index (χ2v) is 7.26. The Morgan fingerprint density at radius 2 is 1.65 bits per heavy atom. The highest BCUT2D eigenvalue weighted by Gasteiger charge is 2.19. The van der Waals surface area contributed by atoms with E-state index in [0.29, 0.717) is 0 Å². The maximum Gasteiger partial charge on any atom is 0.123 e. The van der Waals surface area contributed by atoms with Crippen LogP contribution in [-0.2, 0) is 6.42 Å². The Morgan fingerprint density at radius 1 is 1.00 bits per heavy atom. The molecular weight excluding hydrogens is 347 g/mol. The molecule has 2 aromatic rings. The summed E-state index contributed by atoms with van der Waals surface area (Å²) >= 11 is 0. The van der Waals surface area contributed by atoms with Crippen LogP contribution in [0.1, 0.15) is 30.4 Å². The molecule has 1 N–H and O–H groups in total. The normalized spacial score (nSPS) is 15.5. The zero-order valence-electron chi connectivity index (χ0n) is 15.6. The lowest BCUT2D eigenvalue weighted by Crippen LogP contribution is -2.35. The second-order valence-electron chi connectivity index (χ2n) is 7.26. The standard InChI is InChI=1S/C22H29FN2.ClH/c1-18-3-9-22(10-4-18)24-13-2-14-25-15-11-20(12-16-25)17-19-5-7-21(23)8-6-19;/h3-10,20,24H,2,11-17H2,1H3;1H. The number of aryl methyl sites for hydroxylation is 1. The van der Waals surface area contributed by atoms with Gasteiger partial charge in [-0.3, -0.25) is 0 Å². The lowest BCUT2D eigenvalue weighted by molar-refractivity contribution is 0.183. The van der Waals surface area contributed by atoms with E-state index in [9.17, 15) is 4.39 Å². The number of halogens is 2. The summed E-state index contributed by atoms with van der Waals surface area (Å²) < 4.78 is 13.0. The molecule has 4 heteroatoms. The number of hydrogen-bond donors (Lipinski definition) is 1. The number of anilines is 1. The quantitative estimate of drug-likeness (QED) is 0.658. The van der Waals surface area contributed by atoms with Crippen LogP contribution >= 0.6 is 12.4 Å². The number of hydrogen-bond acceptors (Lipinski definition) is 2. The van der Waals surface area contributed by atoms with Gasteiger partial charge in [0.05, 0.1) is 0 Å². The molecule has 3 rings (SSSR count). The van der Waals surface area contributed by atoms with Crippen molar-refractivity contribution in [2.24, 2.45) is 5.92 Å². The minimum atomic E-state index is -0.141. The van der Waals surface area contributed by atoms with Crippen molar-refractivity contribution in [2.45, 2.75) is 32.6 Å². The van der Waals surface area contributed by atoms with Crippen LogP contribution in [0.3, 0.4) is 0 Å². The number of nitrogens with zero attached hydrogens (tertiary/aromatic N) is 1. The molecule has 26 heavy (non-hydrogen) atoms. The first kappa shape index (κ1) is 20.7. The molecule has 0 aliphatic carbocycles. The lowest BCUT2D eigenvalue weighted by atomic mass is 9.90. The van der Waals surface area contributed by atoms with Gasteiger partial charge in [-0.2, -0.15) is 0 Å². The molecule has 0 unspecified atom stereocenters. The molecule has 1 aliphatic heterocycles. The first-order valence-corrected chi connectivity index (χ1v) is 9.46. The fourth-order valence-corrected chi connectivity index (χ4v) is 3.57. The minimum Gasteiger partial charge on any atom is -0.385 e. The summed E-state index contributed by atoms with van der Waals surface area (Å²) in [5.41, 5.74) is 3.78. The maximum atomic E-state index is 13.0. The molecule has 0 amide bonds. The van der Waals surface area contributed by atoms with Crippen LogP contribution in [0.4, 0.5) is 10.1 Å². The fourth-order valence-electron chi connectivity index (χ4n) is 3.57. The summed E-state index contributed by atoms with van der Waals surface area (Å²) in [5.74, 6) is 0.602. The summed E-state index contributed by atoms with van der Waals surface area (Å²) in [5, 5.41) is 3.50. The van der Waals surface area contributed by atoms with Crippen molar-refractivity contribution in [1.29, 1.82) is 0 Å². The Bertz CT molecular complexity index is 631.